The molecule has 2 aromatic rings. The highest BCUT2D eigenvalue weighted by Gasteiger charge is 2.34. The van der Waals surface area contributed by atoms with Gasteiger partial charge < -0.3 is 4.52 Å². The molecule has 0 aromatic carbocycles. The Labute approximate surface area is 141 Å². The van der Waals surface area contributed by atoms with Crippen LogP contribution in [-0.2, 0) is 19.3 Å². The van der Waals surface area contributed by atoms with E-state index in [0.717, 1.165) is 35.0 Å². The van der Waals surface area contributed by atoms with Gasteiger partial charge in [-0.25, -0.2) is 4.68 Å². The fraction of sp³-hybridized carbons (Fsp3) is 0.562. The molecule has 0 amide bonds. The molecule has 1 aliphatic heterocycles. The summed E-state index contributed by atoms with van der Waals surface area (Å²) >= 11 is 0. The van der Waals surface area contributed by atoms with Crippen LogP contribution in [0.2, 0.25) is 0 Å². The Balaban J connectivity index is 1.32. The third-order valence-electron chi connectivity index (χ3n) is 4.56. The maximum atomic E-state index is 12.7. The third-order valence-corrected chi connectivity index (χ3v) is 4.56. The van der Waals surface area contributed by atoms with Crippen LogP contribution in [0.15, 0.2) is 27.5 Å². The van der Waals surface area contributed by atoms with E-state index in [0.29, 0.717) is 31.6 Å². The van der Waals surface area contributed by atoms with Crippen molar-refractivity contribution in [2.45, 2.75) is 38.0 Å². The van der Waals surface area contributed by atoms with E-state index in [1.54, 1.807) is 0 Å². The molecule has 6 nitrogen and oxygen atoms in total. The smallest absolute Gasteiger partial charge is 0.361 e. The fourth-order valence-electron chi connectivity index (χ4n) is 3.09. The summed E-state index contributed by atoms with van der Waals surface area (Å²) in [6, 6.07) is 3.61. The third kappa shape index (κ3) is 3.60. The van der Waals surface area contributed by atoms with Gasteiger partial charge in [-0.05, 0) is 18.9 Å². The van der Waals surface area contributed by atoms with Crippen LogP contribution < -0.4 is 5.56 Å². The average molecular weight is 354 g/mol. The molecule has 1 aliphatic carbocycles. The van der Waals surface area contributed by atoms with E-state index in [4.69, 9.17) is 4.52 Å². The highest BCUT2D eigenvalue weighted by Crippen LogP contribution is 2.40. The number of hydrogen-bond donors (Lipinski definition) is 0. The lowest BCUT2D eigenvalue weighted by atomic mass is 10.00. The van der Waals surface area contributed by atoms with Crippen LogP contribution in [0.5, 0.6) is 0 Å². The molecule has 134 valence electrons. The highest BCUT2D eigenvalue weighted by molar-refractivity contribution is 5.14. The first-order chi connectivity index (χ1) is 11.9. The van der Waals surface area contributed by atoms with Gasteiger partial charge in [0, 0.05) is 43.6 Å². The Hall–Kier alpha value is -2.16. The molecular formula is C16H17F3N4O2. The molecule has 0 bridgehead atoms. The number of halogens is 3. The van der Waals surface area contributed by atoms with Crippen LogP contribution >= 0.6 is 0 Å². The van der Waals surface area contributed by atoms with Gasteiger partial charge in [-0.15, -0.1) is 0 Å². The van der Waals surface area contributed by atoms with Crippen molar-refractivity contribution in [2.24, 2.45) is 5.92 Å². The van der Waals surface area contributed by atoms with Crippen molar-refractivity contribution >= 4 is 0 Å². The molecule has 4 rings (SSSR count). The summed E-state index contributed by atoms with van der Waals surface area (Å²) in [5, 5.41) is 7.49. The molecule has 9 heteroatoms. The van der Waals surface area contributed by atoms with Crippen LogP contribution in [-0.4, -0.2) is 32.9 Å². The van der Waals surface area contributed by atoms with Crippen molar-refractivity contribution < 1.29 is 17.7 Å². The fourth-order valence-corrected chi connectivity index (χ4v) is 3.09. The lowest BCUT2D eigenvalue weighted by molar-refractivity contribution is -0.142. The number of aromatic nitrogens is 3. The Bertz CT molecular complexity index is 819. The van der Waals surface area contributed by atoms with Crippen molar-refractivity contribution in [3.8, 4) is 0 Å². The predicted octanol–water partition coefficient (Wildman–Crippen LogP) is 2.26. The van der Waals surface area contributed by atoms with Gasteiger partial charge in [-0.2, -0.15) is 18.3 Å². The maximum Gasteiger partial charge on any atom is 0.435 e. The minimum atomic E-state index is -4.55. The molecule has 0 radical (unpaired) electrons. The van der Waals surface area contributed by atoms with Gasteiger partial charge in [0.25, 0.3) is 5.56 Å². The van der Waals surface area contributed by atoms with Gasteiger partial charge in [0.1, 0.15) is 5.76 Å². The largest absolute Gasteiger partial charge is 0.435 e. The zero-order valence-corrected chi connectivity index (χ0v) is 13.4. The molecule has 3 heterocycles. The topological polar surface area (TPSA) is 64.2 Å². The van der Waals surface area contributed by atoms with Crippen LogP contribution in [0.4, 0.5) is 13.2 Å². The zero-order valence-electron chi connectivity index (χ0n) is 13.4. The summed E-state index contributed by atoms with van der Waals surface area (Å²) < 4.78 is 44.3. The molecule has 2 aromatic heterocycles. The maximum absolute atomic E-state index is 12.7. The van der Waals surface area contributed by atoms with Crippen LogP contribution in [0.25, 0.3) is 0 Å². The Kier molecular flexibility index (Phi) is 3.90. The second-order valence-electron chi connectivity index (χ2n) is 6.79. The minimum absolute atomic E-state index is 0.100. The summed E-state index contributed by atoms with van der Waals surface area (Å²) in [4.78, 5) is 13.8. The SMILES string of the molecule is O=c1ccc(C(F)(F)F)nn1CC1CN(Cc2cc(C3CC3)on2)C1. The summed E-state index contributed by atoms with van der Waals surface area (Å²) in [5.41, 5.74) is -0.690. The molecule has 1 saturated carbocycles. The Morgan fingerprint density at radius 3 is 2.68 bits per heavy atom. The summed E-state index contributed by atoms with van der Waals surface area (Å²) in [5.74, 6) is 1.56. The predicted molar refractivity (Wildman–Crippen MR) is 80.7 cm³/mol. The molecule has 0 atom stereocenters. The van der Waals surface area contributed by atoms with Crippen molar-refractivity contribution in [3.63, 3.8) is 0 Å². The van der Waals surface area contributed by atoms with Crippen LogP contribution in [0, 0.1) is 5.92 Å². The normalized spacial score (nSPS) is 19.2. The molecule has 1 saturated heterocycles. The first-order valence-corrected chi connectivity index (χ1v) is 8.22. The first kappa shape index (κ1) is 16.3. The molecule has 0 N–H and O–H groups in total. The van der Waals surface area contributed by atoms with E-state index in [1.807, 2.05) is 6.07 Å². The first-order valence-electron chi connectivity index (χ1n) is 8.22. The lowest BCUT2D eigenvalue weighted by Crippen LogP contribution is -2.49. The van der Waals surface area contributed by atoms with Crippen molar-refractivity contribution in [2.75, 3.05) is 13.1 Å². The standard InChI is InChI=1S/C16H17F3N4O2/c17-16(18,19)14-3-4-15(24)23(20-14)8-10-6-22(7-10)9-12-5-13(25-21-12)11-1-2-11/h3-5,10-11H,1-2,6-9H2. The van der Waals surface area contributed by atoms with E-state index in [9.17, 15) is 18.0 Å². The molecule has 2 fully saturated rings. The number of rotatable bonds is 5. The van der Waals surface area contributed by atoms with Gasteiger partial charge in [0.15, 0.2) is 5.69 Å². The van der Waals surface area contributed by atoms with Crippen LogP contribution in [0.1, 0.15) is 35.9 Å². The summed E-state index contributed by atoms with van der Waals surface area (Å²) in [6.07, 6.45) is -2.24. The van der Waals surface area contributed by atoms with Crippen molar-refractivity contribution in [1.82, 2.24) is 19.8 Å². The van der Waals surface area contributed by atoms with Gasteiger partial charge in [0.05, 0.1) is 12.2 Å². The van der Waals surface area contributed by atoms with E-state index < -0.39 is 17.4 Å². The molecule has 25 heavy (non-hydrogen) atoms. The molecule has 0 spiro atoms. The zero-order chi connectivity index (χ0) is 17.6. The summed E-state index contributed by atoms with van der Waals surface area (Å²) in [6.45, 7) is 2.22. The van der Waals surface area contributed by atoms with E-state index in [-0.39, 0.29) is 12.5 Å². The Morgan fingerprint density at radius 1 is 1.24 bits per heavy atom. The quantitative estimate of drug-likeness (QED) is 0.824. The van der Waals surface area contributed by atoms with Crippen molar-refractivity contribution in [1.29, 1.82) is 0 Å². The highest BCUT2D eigenvalue weighted by atomic mass is 19.4. The second kappa shape index (κ2) is 5.98. The van der Waals surface area contributed by atoms with Crippen LogP contribution in [0.3, 0.4) is 0 Å². The Morgan fingerprint density at radius 2 is 2.00 bits per heavy atom. The lowest BCUT2D eigenvalue weighted by Gasteiger charge is -2.38. The number of likely N-dealkylation sites (tertiary alicyclic amines) is 1. The average Bonchev–Trinajstić information content (AvgIpc) is 3.25. The number of hydrogen-bond acceptors (Lipinski definition) is 5. The van der Waals surface area contributed by atoms with Crippen molar-refractivity contribution in [3.05, 3.63) is 45.7 Å². The van der Waals surface area contributed by atoms with E-state index in [2.05, 4.69) is 15.2 Å². The van der Waals surface area contributed by atoms with E-state index >= 15 is 0 Å². The second-order valence-corrected chi connectivity index (χ2v) is 6.79. The number of alkyl halides is 3. The van der Waals surface area contributed by atoms with Gasteiger partial charge in [-0.3, -0.25) is 9.69 Å². The summed E-state index contributed by atoms with van der Waals surface area (Å²) in [7, 11) is 0. The monoisotopic (exact) mass is 354 g/mol. The minimum Gasteiger partial charge on any atom is -0.361 e. The molecule has 0 unspecified atom stereocenters. The number of nitrogens with zero attached hydrogens (tertiary/aromatic N) is 4. The van der Waals surface area contributed by atoms with E-state index in [1.165, 1.54) is 0 Å². The van der Waals surface area contributed by atoms with Gasteiger partial charge in [-0.1, -0.05) is 5.16 Å². The van der Waals surface area contributed by atoms with Gasteiger partial charge in [0.2, 0.25) is 0 Å². The molecule has 2 aliphatic rings. The van der Waals surface area contributed by atoms with Gasteiger partial charge >= 0.3 is 6.18 Å². The molecular weight excluding hydrogens is 337 g/mol.